The van der Waals surface area contributed by atoms with Gasteiger partial charge in [-0.15, -0.1) is 0 Å². The van der Waals surface area contributed by atoms with Crippen LogP contribution in [0, 0.1) is 23.3 Å². The molecule has 1 unspecified atom stereocenters. The van der Waals surface area contributed by atoms with Crippen LogP contribution in [0.25, 0.3) is 17.2 Å². The molecule has 0 fully saturated rings. The molecule has 0 aliphatic carbocycles. The number of halogens is 4. The van der Waals surface area contributed by atoms with Crippen molar-refractivity contribution in [2.75, 3.05) is 152 Å². The summed E-state index contributed by atoms with van der Waals surface area (Å²) < 4.78 is 145. The van der Waals surface area contributed by atoms with E-state index in [9.17, 15) is 45.5 Å². The van der Waals surface area contributed by atoms with Gasteiger partial charge in [0.05, 0.1) is 157 Å². The highest BCUT2D eigenvalue weighted by Crippen LogP contribution is 2.34. The number of hydrogen-bond donors (Lipinski definition) is 4. The first kappa shape index (κ1) is 69.8. The van der Waals surface area contributed by atoms with E-state index in [-0.39, 0.29) is 83.9 Å². The lowest BCUT2D eigenvalue weighted by atomic mass is 10.0. The van der Waals surface area contributed by atoms with Crippen molar-refractivity contribution in [1.82, 2.24) is 20.3 Å². The van der Waals surface area contributed by atoms with Crippen molar-refractivity contribution in [3.63, 3.8) is 0 Å². The number of amides is 2. The molecule has 2 heterocycles. The van der Waals surface area contributed by atoms with Crippen LogP contribution in [-0.4, -0.2) is 209 Å². The normalized spacial score (nSPS) is 12.8. The second-order valence-corrected chi connectivity index (χ2v) is 18.9. The van der Waals surface area contributed by atoms with E-state index < -0.39 is 62.5 Å². The van der Waals surface area contributed by atoms with Crippen LogP contribution in [0.5, 0.6) is 5.75 Å². The first-order chi connectivity index (χ1) is 40.1. The summed E-state index contributed by atoms with van der Waals surface area (Å²) in [5.74, 6) is -12.6. The fraction of sp³-hybridized carbons (Fsp3) is 0.585. The number of fused-ring (bicyclic) bond motifs is 1. The first-order valence-electron chi connectivity index (χ1n) is 26.8. The van der Waals surface area contributed by atoms with E-state index in [2.05, 4.69) is 25.0 Å². The second kappa shape index (κ2) is 39.8. The molecule has 0 saturated carbocycles. The van der Waals surface area contributed by atoms with Crippen LogP contribution < -0.4 is 15.8 Å². The number of nitrogens with one attached hydrogen (secondary N) is 1. The fourth-order valence-electron chi connectivity index (χ4n) is 7.25. The minimum Gasteiger partial charge on any atom is -0.420 e. The van der Waals surface area contributed by atoms with Gasteiger partial charge in [0.2, 0.25) is 23.3 Å². The third-order valence-corrected chi connectivity index (χ3v) is 12.1. The van der Waals surface area contributed by atoms with E-state index in [1.165, 1.54) is 5.06 Å². The number of carbonyl (C=O) groups excluding carboxylic acids is 3. The van der Waals surface area contributed by atoms with Gasteiger partial charge in [0.1, 0.15) is 5.84 Å². The molecule has 0 spiro atoms. The molecule has 0 saturated heterocycles. The maximum Gasteiger partial charge on any atom is 0.313 e. The predicted octanol–water partition coefficient (Wildman–Crippen LogP) is 4.00. The molecule has 2 amide bonds. The average molecular weight is 1210 g/mol. The molecule has 464 valence electrons. The average Bonchev–Trinajstić information content (AvgIpc) is 3.72. The Kier molecular flexibility index (Phi) is 33.4. The number of aliphatic hydroxyl groups is 1. The quantitative estimate of drug-likeness (QED) is 0.0118. The minimum atomic E-state index is -5.65. The van der Waals surface area contributed by atoms with Gasteiger partial charge in [-0.05, 0) is 37.5 Å². The lowest BCUT2D eigenvalue weighted by molar-refractivity contribution is -0.180. The molecule has 4 rings (SSSR count). The molecule has 5 N–H and O–H groups in total. The molecule has 25 nitrogen and oxygen atoms in total. The zero-order chi connectivity index (χ0) is 60.2. The van der Waals surface area contributed by atoms with Crippen LogP contribution in [-0.2, 0) is 76.7 Å². The van der Waals surface area contributed by atoms with E-state index in [0.29, 0.717) is 128 Å². The van der Waals surface area contributed by atoms with Crippen LogP contribution in [0.2, 0.25) is 0 Å². The SMILES string of the molecule is CCCN(OCC)C(=O)C1=Cc2ccc(-c3cnc(C(CCO)NC(=O)CCOCCOCCOCCOCCOCCOCCOCCOCCOCCOCCC(=O)Oc4c(F)c(F)c(S(=O)(=O)O)c(F)c4F)nc3)cc2N=C(N)C1. The fourth-order valence-corrected chi connectivity index (χ4v) is 7.89. The summed E-state index contributed by atoms with van der Waals surface area (Å²) in [6, 6.07) is 4.96. The van der Waals surface area contributed by atoms with Crippen LogP contribution in [0.4, 0.5) is 23.2 Å². The van der Waals surface area contributed by atoms with Crippen LogP contribution in [0.15, 0.2) is 46.1 Å². The standard InChI is InChI=1S/C53H74F4N6O19S/c1-3-10-63(81-4-2)53(67)39-32-38-6-5-37(33-42(38)61-43(58)34-39)40-35-59-52(60-36-40)41(7-11-64)62-44(65)8-12-71-14-16-73-18-20-75-22-24-77-26-28-79-30-31-80-29-27-78-25-23-76-21-19-74-17-15-72-13-9-45(66)82-50-46(54)48(56)51(83(68,69)70)49(57)47(50)55/h5-6,32-33,35-36,41,64H,3-4,7-31,34H2,1-2H3,(H2,58,61)(H,62,65)(H,68,69,70). The Morgan fingerprint density at radius 2 is 1.13 bits per heavy atom. The summed E-state index contributed by atoms with van der Waals surface area (Å²) in [4.78, 5) is 54.7. The molecule has 0 bridgehead atoms. The molecular weight excluding hydrogens is 1130 g/mol. The number of amidine groups is 1. The van der Waals surface area contributed by atoms with E-state index in [1.54, 1.807) is 18.5 Å². The van der Waals surface area contributed by atoms with Gasteiger partial charge in [-0.25, -0.2) is 28.8 Å². The highest BCUT2D eigenvalue weighted by molar-refractivity contribution is 7.85. The van der Waals surface area contributed by atoms with Crippen LogP contribution >= 0.6 is 0 Å². The summed E-state index contributed by atoms with van der Waals surface area (Å²) in [6.07, 6.45) is 5.67. The zero-order valence-electron chi connectivity index (χ0n) is 46.5. The number of hydrogen-bond acceptors (Lipinski definition) is 22. The number of rotatable bonds is 45. The van der Waals surface area contributed by atoms with Crippen molar-refractivity contribution in [3.8, 4) is 16.9 Å². The summed E-state index contributed by atoms with van der Waals surface area (Å²) in [7, 11) is -5.65. The largest absolute Gasteiger partial charge is 0.420 e. The van der Waals surface area contributed by atoms with E-state index in [1.807, 2.05) is 32.0 Å². The highest BCUT2D eigenvalue weighted by Gasteiger charge is 2.34. The van der Waals surface area contributed by atoms with Gasteiger partial charge in [-0.2, -0.15) is 17.2 Å². The molecule has 1 aromatic heterocycles. The maximum atomic E-state index is 14.0. The number of aliphatic imine (C=N–C) groups is 1. The lowest BCUT2D eigenvalue weighted by Crippen LogP contribution is -2.34. The maximum absolute atomic E-state index is 14.0. The summed E-state index contributed by atoms with van der Waals surface area (Å²) >= 11 is 0. The Morgan fingerprint density at radius 1 is 0.675 bits per heavy atom. The summed E-state index contributed by atoms with van der Waals surface area (Å²) in [5, 5.41) is 13.9. The number of esters is 1. The van der Waals surface area contributed by atoms with Crippen molar-refractivity contribution in [3.05, 3.63) is 70.8 Å². The highest BCUT2D eigenvalue weighted by atomic mass is 32.2. The van der Waals surface area contributed by atoms with Gasteiger partial charge in [-0.1, -0.05) is 19.1 Å². The molecule has 1 atom stereocenters. The lowest BCUT2D eigenvalue weighted by Gasteiger charge is -2.21. The summed E-state index contributed by atoms with van der Waals surface area (Å²) in [6.45, 7) is 9.81. The van der Waals surface area contributed by atoms with E-state index in [0.717, 1.165) is 17.5 Å². The smallest absolute Gasteiger partial charge is 0.313 e. The third-order valence-electron chi connectivity index (χ3n) is 11.2. The summed E-state index contributed by atoms with van der Waals surface area (Å²) in [5.41, 5.74) is 9.51. The molecule has 83 heavy (non-hydrogen) atoms. The monoisotopic (exact) mass is 1210 g/mol. The molecule has 1 aliphatic rings. The van der Waals surface area contributed by atoms with Gasteiger partial charge in [-0.3, -0.25) is 23.8 Å². The van der Waals surface area contributed by atoms with E-state index in [4.69, 9.17) is 62.5 Å². The number of nitrogens with zero attached hydrogens (tertiary/aromatic N) is 4. The Bertz CT molecular complexity index is 2590. The van der Waals surface area contributed by atoms with Crippen molar-refractivity contribution in [2.45, 2.75) is 56.9 Å². The van der Waals surface area contributed by atoms with Gasteiger partial charge in [0.15, 0.2) is 22.4 Å². The van der Waals surface area contributed by atoms with Crippen molar-refractivity contribution in [2.24, 2.45) is 10.7 Å². The molecular formula is C53H74F4N6O19S. The molecule has 0 radical (unpaired) electrons. The number of ether oxygens (including phenoxy) is 11. The Labute approximate surface area is 478 Å². The minimum absolute atomic E-state index is 0.0121. The number of aromatic nitrogens is 2. The van der Waals surface area contributed by atoms with Gasteiger partial charge in [0, 0.05) is 55.1 Å². The molecule has 1 aliphatic heterocycles. The Hall–Kier alpha value is -5.71. The number of carbonyl (C=O) groups is 3. The van der Waals surface area contributed by atoms with Gasteiger partial charge in [0.25, 0.3) is 5.91 Å². The van der Waals surface area contributed by atoms with Crippen LogP contribution in [0.3, 0.4) is 0 Å². The molecule has 2 aromatic carbocycles. The molecule has 30 heteroatoms. The van der Waals surface area contributed by atoms with Crippen molar-refractivity contribution < 1.29 is 107 Å². The van der Waals surface area contributed by atoms with Gasteiger partial charge >= 0.3 is 16.1 Å². The van der Waals surface area contributed by atoms with Crippen molar-refractivity contribution in [1.29, 1.82) is 0 Å². The third kappa shape index (κ3) is 26.0. The van der Waals surface area contributed by atoms with Crippen molar-refractivity contribution >= 4 is 45.5 Å². The predicted molar refractivity (Wildman–Crippen MR) is 287 cm³/mol. The number of nitrogens with two attached hydrogens (primary N) is 1. The van der Waals surface area contributed by atoms with Gasteiger partial charge < -0.3 is 68.3 Å². The number of aliphatic hydroxyl groups excluding tert-OH is 1. The number of benzene rings is 2. The zero-order valence-corrected chi connectivity index (χ0v) is 47.3. The Morgan fingerprint density at radius 3 is 1.57 bits per heavy atom. The van der Waals surface area contributed by atoms with E-state index >= 15 is 0 Å². The Balaban J connectivity index is 0.894. The molecule has 3 aromatic rings. The van der Waals surface area contributed by atoms with Crippen LogP contribution in [0.1, 0.15) is 63.4 Å². The number of hydroxylamine groups is 2. The topological polar surface area (TPSA) is 316 Å². The second-order valence-electron chi connectivity index (χ2n) is 17.5. The first-order valence-corrected chi connectivity index (χ1v) is 28.2.